The van der Waals surface area contributed by atoms with E-state index in [0.717, 1.165) is 82.8 Å². The molecule has 9 aromatic carbocycles. The van der Waals surface area contributed by atoms with Crippen molar-refractivity contribution in [2.45, 2.75) is 19.3 Å². The molecule has 1 aliphatic carbocycles. The second-order valence-electron chi connectivity index (χ2n) is 15.7. The van der Waals surface area contributed by atoms with Crippen molar-refractivity contribution in [2.24, 2.45) is 0 Å². The molecule has 0 unspecified atom stereocenters. The van der Waals surface area contributed by atoms with E-state index in [0.29, 0.717) is 0 Å². The molecule has 3 heteroatoms. The molecule has 2 heterocycles. The molecule has 0 saturated heterocycles. The maximum absolute atomic E-state index is 7.04. The lowest BCUT2D eigenvalue weighted by Gasteiger charge is -2.29. The van der Waals surface area contributed by atoms with Gasteiger partial charge in [-0.2, -0.15) is 0 Å². The summed E-state index contributed by atoms with van der Waals surface area (Å²) in [5.74, 6) is 0. The Hall–Kier alpha value is -7.10. The molecule has 0 spiro atoms. The van der Waals surface area contributed by atoms with Gasteiger partial charge in [0.15, 0.2) is 0 Å². The maximum Gasteiger partial charge on any atom is 0.143 e. The SMILES string of the molecule is CC1(C)c2ccccc2-c2ccc(N(c3ccc4ccccc4c3)c3cc(-c4cccc5c4oc4ccccc45)c4oc5c6ccccc6ccc5c4c3)cc21. The number of furan rings is 2. The van der Waals surface area contributed by atoms with E-state index in [1.54, 1.807) is 0 Å². The lowest BCUT2D eigenvalue weighted by atomic mass is 9.82. The second-order valence-corrected chi connectivity index (χ2v) is 15.7. The Morgan fingerprint density at radius 3 is 1.91 bits per heavy atom. The molecule has 0 aliphatic heterocycles. The zero-order valence-corrected chi connectivity index (χ0v) is 31.0. The van der Waals surface area contributed by atoms with Crippen LogP contribution in [-0.2, 0) is 5.41 Å². The quantitative estimate of drug-likeness (QED) is 0.182. The minimum atomic E-state index is -0.148. The van der Waals surface area contributed by atoms with Gasteiger partial charge in [-0.25, -0.2) is 0 Å². The lowest BCUT2D eigenvalue weighted by Crippen LogP contribution is -2.16. The Morgan fingerprint density at radius 1 is 0.357 bits per heavy atom. The highest BCUT2D eigenvalue weighted by atomic mass is 16.3. The molecule has 0 bridgehead atoms. The van der Waals surface area contributed by atoms with Crippen molar-refractivity contribution >= 4 is 82.5 Å². The second kappa shape index (κ2) is 11.5. The summed E-state index contributed by atoms with van der Waals surface area (Å²) < 4.78 is 13.7. The van der Waals surface area contributed by atoms with Crippen LogP contribution in [0.1, 0.15) is 25.0 Å². The molecule has 0 amide bonds. The van der Waals surface area contributed by atoms with Crippen LogP contribution < -0.4 is 4.90 Å². The van der Waals surface area contributed by atoms with Crippen LogP contribution in [0.15, 0.2) is 185 Å². The Morgan fingerprint density at radius 2 is 1.00 bits per heavy atom. The fourth-order valence-corrected chi connectivity index (χ4v) is 9.47. The first-order chi connectivity index (χ1) is 27.5. The van der Waals surface area contributed by atoms with E-state index in [1.165, 1.54) is 33.0 Å². The predicted octanol–water partition coefficient (Wildman–Crippen LogP) is 15.2. The Kier molecular flexibility index (Phi) is 6.40. The molecule has 0 radical (unpaired) electrons. The summed E-state index contributed by atoms with van der Waals surface area (Å²) in [6, 6.07) is 63.6. The summed E-state index contributed by atoms with van der Waals surface area (Å²) in [6.07, 6.45) is 0. The summed E-state index contributed by atoms with van der Waals surface area (Å²) in [7, 11) is 0. The van der Waals surface area contributed by atoms with Gasteiger partial charge in [-0.15, -0.1) is 0 Å². The van der Waals surface area contributed by atoms with Crippen LogP contribution in [0.2, 0.25) is 0 Å². The van der Waals surface area contributed by atoms with E-state index in [1.807, 2.05) is 12.1 Å². The van der Waals surface area contributed by atoms with Crippen LogP contribution in [0.5, 0.6) is 0 Å². The fourth-order valence-electron chi connectivity index (χ4n) is 9.47. The topological polar surface area (TPSA) is 29.5 Å². The van der Waals surface area contributed by atoms with Crippen LogP contribution in [0.3, 0.4) is 0 Å². The van der Waals surface area contributed by atoms with Crippen molar-refractivity contribution in [3.63, 3.8) is 0 Å². The van der Waals surface area contributed by atoms with E-state index < -0.39 is 0 Å². The Bertz CT molecular complexity index is 3420. The van der Waals surface area contributed by atoms with Crippen LogP contribution >= 0.6 is 0 Å². The van der Waals surface area contributed by atoms with Crippen molar-refractivity contribution in [1.29, 1.82) is 0 Å². The third kappa shape index (κ3) is 4.40. The van der Waals surface area contributed by atoms with Gasteiger partial charge < -0.3 is 13.7 Å². The van der Waals surface area contributed by atoms with Crippen molar-refractivity contribution in [2.75, 3.05) is 4.90 Å². The van der Waals surface area contributed by atoms with Crippen molar-refractivity contribution in [3.8, 4) is 22.3 Å². The maximum atomic E-state index is 7.04. The molecule has 1 aliphatic rings. The van der Waals surface area contributed by atoms with E-state index in [2.05, 4.69) is 183 Å². The van der Waals surface area contributed by atoms with Crippen LogP contribution in [0, 0.1) is 0 Å². The molecular weight excluding hydrogens is 683 g/mol. The molecule has 2 aromatic heterocycles. The van der Waals surface area contributed by atoms with Gasteiger partial charge in [0.1, 0.15) is 22.3 Å². The average Bonchev–Trinajstić information content (AvgIpc) is 3.89. The smallest absolute Gasteiger partial charge is 0.143 e. The first kappa shape index (κ1) is 31.3. The minimum absolute atomic E-state index is 0.148. The standard InChI is InChI=1S/C53H35NO2/c1-53(2)47-20-9-7-16-39(47)40-27-25-36(31-48(40)53)54(35-24-22-32-12-3-4-14-34(32)28-35)37-29-45(43-19-11-18-42-41-17-8-10-21-49(41)55-51(42)43)52-46(30-37)44-26-23-33-13-5-6-15-38(33)50(44)56-52/h3-31H,1-2H3. The van der Waals surface area contributed by atoms with E-state index in [9.17, 15) is 0 Å². The average molecular weight is 718 g/mol. The third-order valence-electron chi connectivity index (χ3n) is 12.2. The summed E-state index contributed by atoms with van der Waals surface area (Å²) in [6.45, 7) is 4.70. The number of rotatable bonds is 4. The zero-order chi connectivity index (χ0) is 37.1. The molecule has 0 fully saturated rings. The van der Waals surface area contributed by atoms with E-state index in [4.69, 9.17) is 8.83 Å². The van der Waals surface area contributed by atoms with Gasteiger partial charge in [0, 0.05) is 60.5 Å². The summed E-state index contributed by atoms with van der Waals surface area (Å²) >= 11 is 0. The van der Waals surface area contributed by atoms with E-state index in [-0.39, 0.29) is 5.41 Å². The molecule has 56 heavy (non-hydrogen) atoms. The Labute approximate surface area is 323 Å². The number of fused-ring (bicyclic) bond motifs is 12. The summed E-state index contributed by atoms with van der Waals surface area (Å²) in [4.78, 5) is 2.42. The first-order valence-electron chi connectivity index (χ1n) is 19.3. The van der Waals surface area contributed by atoms with Gasteiger partial charge in [0.25, 0.3) is 0 Å². The van der Waals surface area contributed by atoms with Gasteiger partial charge in [0.05, 0.1) is 0 Å². The Balaban J connectivity index is 1.18. The van der Waals surface area contributed by atoms with Gasteiger partial charge in [-0.1, -0.05) is 141 Å². The minimum Gasteiger partial charge on any atom is -0.455 e. The first-order valence-corrected chi connectivity index (χ1v) is 19.3. The molecule has 3 nitrogen and oxygen atoms in total. The van der Waals surface area contributed by atoms with Crippen molar-refractivity contribution < 1.29 is 8.83 Å². The van der Waals surface area contributed by atoms with Gasteiger partial charge >= 0.3 is 0 Å². The predicted molar refractivity (Wildman–Crippen MR) is 234 cm³/mol. The molecule has 11 aromatic rings. The monoisotopic (exact) mass is 717 g/mol. The van der Waals surface area contributed by atoms with Crippen molar-refractivity contribution in [3.05, 3.63) is 187 Å². The van der Waals surface area contributed by atoms with Crippen molar-refractivity contribution in [1.82, 2.24) is 0 Å². The number of nitrogens with zero attached hydrogens (tertiary/aromatic N) is 1. The van der Waals surface area contributed by atoms with Gasteiger partial charge in [-0.3, -0.25) is 0 Å². The molecule has 264 valence electrons. The van der Waals surface area contributed by atoms with Gasteiger partial charge in [0.2, 0.25) is 0 Å². The lowest BCUT2D eigenvalue weighted by molar-refractivity contribution is 0.660. The number of para-hydroxylation sites is 2. The number of benzene rings is 9. The number of anilines is 3. The normalized spacial score (nSPS) is 13.3. The third-order valence-corrected chi connectivity index (χ3v) is 12.2. The number of hydrogen-bond donors (Lipinski definition) is 0. The fraction of sp³-hybridized carbons (Fsp3) is 0.0566. The molecule has 0 N–H and O–H groups in total. The highest BCUT2D eigenvalue weighted by molar-refractivity contribution is 6.20. The molecule has 0 saturated carbocycles. The van der Waals surface area contributed by atoms with E-state index >= 15 is 0 Å². The molecule has 12 rings (SSSR count). The van der Waals surface area contributed by atoms with Crippen LogP contribution in [-0.4, -0.2) is 0 Å². The molecule has 0 atom stereocenters. The highest BCUT2D eigenvalue weighted by Gasteiger charge is 2.36. The molecular formula is C53H35NO2. The number of hydrogen-bond acceptors (Lipinski definition) is 3. The summed E-state index contributed by atoms with van der Waals surface area (Å²) in [5.41, 5.74) is 13.8. The van der Waals surface area contributed by atoms with Gasteiger partial charge in [-0.05, 0) is 86.9 Å². The highest BCUT2D eigenvalue weighted by Crippen LogP contribution is 2.52. The largest absolute Gasteiger partial charge is 0.455 e. The van der Waals surface area contributed by atoms with Crippen LogP contribution in [0.4, 0.5) is 17.1 Å². The van der Waals surface area contributed by atoms with Crippen LogP contribution in [0.25, 0.3) is 87.7 Å². The zero-order valence-electron chi connectivity index (χ0n) is 31.0. The summed E-state index contributed by atoms with van der Waals surface area (Å²) in [5, 5.41) is 8.99.